The van der Waals surface area contributed by atoms with Crippen LogP contribution in [0.25, 0.3) is 0 Å². The molecule has 1 aromatic heterocycles. The fourth-order valence-electron chi connectivity index (χ4n) is 0.965. The highest BCUT2D eigenvalue weighted by atomic mass is 32.2. The van der Waals surface area contributed by atoms with Crippen molar-refractivity contribution < 1.29 is 8.42 Å². The highest BCUT2D eigenvalue weighted by molar-refractivity contribution is 7.98. The minimum Gasteiger partial charge on any atom is -0.383 e. The van der Waals surface area contributed by atoms with Crippen molar-refractivity contribution in [1.82, 2.24) is 9.78 Å². The van der Waals surface area contributed by atoms with Crippen LogP contribution in [0.4, 0.5) is 5.82 Å². The van der Waals surface area contributed by atoms with Gasteiger partial charge < -0.3 is 5.73 Å². The van der Waals surface area contributed by atoms with Crippen LogP contribution in [0.1, 0.15) is 0 Å². The summed E-state index contributed by atoms with van der Waals surface area (Å²) in [6.45, 7) is 0.311. The zero-order chi connectivity index (χ0) is 10.8. The van der Waals surface area contributed by atoms with E-state index < -0.39 is 9.84 Å². The molecule has 1 rings (SSSR count). The molecule has 1 heterocycles. The maximum Gasteiger partial charge on any atom is 0.149 e. The summed E-state index contributed by atoms with van der Waals surface area (Å²) in [4.78, 5) is 0.874. The predicted molar refractivity (Wildman–Crippen MR) is 58.1 cm³/mol. The third-order valence-electron chi connectivity index (χ3n) is 1.74. The fourth-order valence-corrected chi connectivity index (χ4v) is 1.94. The second-order valence-corrected chi connectivity index (χ2v) is 6.06. The molecule has 0 saturated carbocycles. The second kappa shape index (κ2) is 4.22. The third kappa shape index (κ3) is 2.91. The van der Waals surface area contributed by atoms with E-state index in [2.05, 4.69) is 5.10 Å². The van der Waals surface area contributed by atoms with Crippen LogP contribution in [-0.4, -0.2) is 36.5 Å². The topological polar surface area (TPSA) is 78.0 Å². The van der Waals surface area contributed by atoms with Gasteiger partial charge in [0.2, 0.25) is 0 Å². The SMILES string of the molecule is CSc1cnn(CCS(C)(=O)=O)c1N. The molecule has 0 aliphatic heterocycles. The summed E-state index contributed by atoms with van der Waals surface area (Å²) < 4.78 is 23.3. The van der Waals surface area contributed by atoms with E-state index in [-0.39, 0.29) is 5.75 Å². The molecule has 0 saturated heterocycles. The first-order chi connectivity index (χ1) is 6.44. The second-order valence-electron chi connectivity index (χ2n) is 2.95. The molecule has 0 aliphatic carbocycles. The van der Waals surface area contributed by atoms with Gasteiger partial charge in [0.05, 0.1) is 23.4 Å². The summed E-state index contributed by atoms with van der Waals surface area (Å²) in [5, 5.41) is 4.00. The van der Waals surface area contributed by atoms with Gasteiger partial charge in [-0.2, -0.15) is 5.10 Å². The lowest BCUT2D eigenvalue weighted by molar-refractivity contribution is 0.587. The van der Waals surface area contributed by atoms with Gasteiger partial charge in [-0.05, 0) is 6.26 Å². The number of hydrogen-bond acceptors (Lipinski definition) is 5. The normalized spacial score (nSPS) is 11.9. The first-order valence-corrected chi connectivity index (χ1v) is 7.25. The van der Waals surface area contributed by atoms with E-state index in [4.69, 9.17) is 5.73 Å². The standard InChI is InChI=1S/C7H13N3O2S2/c1-13-6-5-9-10(7(6)8)3-4-14(2,11)12/h5H,3-4,8H2,1-2H3. The van der Waals surface area contributed by atoms with Gasteiger partial charge in [-0.1, -0.05) is 0 Å². The van der Waals surface area contributed by atoms with Gasteiger partial charge in [0, 0.05) is 6.26 Å². The van der Waals surface area contributed by atoms with Crippen molar-refractivity contribution in [2.24, 2.45) is 0 Å². The number of aromatic nitrogens is 2. The fraction of sp³-hybridized carbons (Fsp3) is 0.571. The molecular formula is C7H13N3O2S2. The summed E-state index contributed by atoms with van der Waals surface area (Å²) >= 11 is 1.49. The molecule has 0 bridgehead atoms. The largest absolute Gasteiger partial charge is 0.383 e. The van der Waals surface area contributed by atoms with E-state index in [1.54, 1.807) is 6.20 Å². The van der Waals surface area contributed by atoms with Gasteiger partial charge in [0.1, 0.15) is 15.7 Å². The number of nitrogen functional groups attached to an aromatic ring is 1. The summed E-state index contributed by atoms with van der Waals surface area (Å²) in [5.41, 5.74) is 5.73. The lowest BCUT2D eigenvalue weighted by Gasteiger charge is -2.02. The minimum absolute atomic E-state index is 0.0622. The summed E-state index contributed by atoms with van der Waals surface area (Å²) in [5.74, 6) is 0.591. The van der Waals surface area contributed by atoms with Gasteiger partial charge in [-0.25, -0.2) is 13.1 Å². The van der Waals surface area contributed by atoms with E-state index in [9.17, 15) is 8.42 Å². The van der Waals surface area contributed by atoms with Crippen molar-refractivity contribution in [3.63, 3.8) is 0 Å². The number of nitrogens with two attached hydrogens (primary N) is 1. The van der Waals surface area contributed by atoms with Crippen LogP contribution in [0.5, 0.6) is 0 Å². The van der Waals surface area contributed by atoms with Gasteiger partial charge >= 0.3 is 0 Å². The number of rotatable bonds is 4. The Hall–Kier alpha value is -0.690. The van der Waals surface area contributed by atoms with Crippen LogP contribution in [0.3, 0.4) is 0 Å². The molecule has 14 heavy (non-hydrogen) atoms. The monoisotopic (exact) mass is 235 g/mol. The summed E-state index contributed by atoms with van der Waals surface area (Å²) in [6, 6.07) is 0. The highest BCUT2D eigenvalue weighted by Gasteiger charge is 2.08. The molecule has 2 N–H and O–H groups in total. The van der Waals surface area contributed by atoms with Crippen LogP contribution < -0.4 is 5.73 Å². The molecule has 0 atom stereocenters. The Morgan fingerprint density at radius 2 is 2.29 bits per heavy atom. The molecule has 0 aromatic carbocycles. The van der Waals surface area contributed by atoms with Gasteiger partial charge in [-0.3, -0.25) is 0 Å². The minimum atomic E-state index is -2.96. The van der Waals surface area contributed by atoms with E-state index in [1.807, 2.05) is 6.26 Å². The molecule has 0 aliphatic rings. The molecule has 7 heteroatoms. The number of nitrogens with zero attached hydrogens (tertiary/aromatic N) is 2. The van der Waals surface area contributed by atoms with Crippen molar-refractivity contribution in [2.45, 2.75) is 11.4 Å². The number of hydrogen-bond donors (Lipinski definition) is 1. The first kappa shape index (κ1) is 11.4. The van der Waals surface area contributed by atoms with Gasteiger partial charge in [0.25, 0.3) is 0 Å². The van der Waals surface area contributed by atoms with Crippen molar-refractivity contribution in [3.05, 3.63) is 6.20 Å². The molecule has 0 amide bonds. The molecule has 0 radical (unpaired) electrons. The number of sulfone groups is 1. The molecule has 5 nitrogen and oxygen atoms in total. The average molecular weight is 235 g/mol. The quantitative estimate of drug-likeness (QED) is 0.756. The number of anilines is 1. The van der Waals surface area contributed by atoms with Crippen molar-refractivity contribution >= 4 is 27.4 Å². The Labute approximate surface area is 87.6 Å². The first-order valence-electron chi connectivity index (χ1n) is 3.97. The van der Waals surface area contributed by atoms with E-state index in [1.165, 1.54) is 22.7 Å². The highest BCUT2D eigenvalue weighted by Crippen LogP contribution is 2.21. The Bertz CT molecular complexity index is 411. The smallest absolute Gasteiger partial charge is 0.149 e. The number of thioether (sulfide) groups is 1. The molecular weight excluding hydrogens is 222 g/mol. The molecule has 0 fully saturated rings. The van der Waals surface area contributed by atoms with E-state index >= 15 is 0 Å². The zero-order valence-corrected chi connectivity index (χ0v) is 9.73. The third-order valence-corrected chi connectivity index (χ3v) is 3.42. The van der Waals surface area contributed by atoms with Crippen LogP contribution in [0, 0.1) is 0 Å². The summed E-state index contributed by atoms with van der Waals surface area (Å²) in [6.07, 6.45) is 4.73. The van der Waals surface area contributed by atoms with Crippen LogP contribution in [0.15, 0.2) is 11.1 Å². The van der Waals surface area contributed by atoms with E-state index in [0.717, 1.165) is 4.90 Å². The predicted octanol–water partition coefficient (Wildman–Crippen LogP) is 0.232. The molecule has 0 unspecified atom stereocenters. The van der Waals surface area contributed by atoms with Crippen molar-refractivity contribution in [3.8, 4) is 0 Å². The Balaban J connectivity index is 2.73. The van der Waals surface area contributed by atoms with Crippen LogP contribution in [0.2, 0.25) is 0 Å². The average Bonchev–Trinajstić information content (AvgIpc) is 2.42. The van der Waals surface area contributed by atoms with Crippen LogP contribution >= 0.6 is 11.8 Å². The van der Waals surface area contributed by atoms with Gasteiger partial charge in [0.15, 0.2) is 0 Å². The zero-order valence-electron chi connectivity index (χ0n) is 8.10. The lowest BCUT2D eigenvalue weighted by Crippen LogP contribution is -2.13. The summed E-state index contributed by atoms with van der Waals surface area (Å²) in [7, 11) is -2.96. The Morgan fingerprint density at radius 1 is 1.64 bits per heavy atom. The van der Waals surface area contributed by atoms with Crippen LogP contribution in [-0.2, 0) is 16.4 Å². The lowest BCUT2D eigenvalue weighted by atomic mass is 10.6. The van der Waals surface area contributed by atoms with Gasteiger partial charge in [-0.15, -0.1) is 11.8 Å². The maximum absolute atomic E-state index is 10.9. The van der Waals surface area contributed by atoms with E-state index in [0.29, 0.717) is 12.4 Å². The Morgan fingerprint density at radius 3 is 2.71 bits per heavy atom. The molecule has 80 valence electrons. The molecule has 0 spiro atoms. The maximum atomic E-state index is 10.9. The Kier molecular flexibility index (Phi) is 3.43. The van der Waals surface area contributed by atoms with Crippen molar-refractivity contribution in [2.75, 3.05) is 24.0 Å². The molecule has 1 aromatic rings. The van der Waals surface area contributed by atoms with Crippen molar-refractivity contribution in [1.29, 1.82) is 0 Å². The number of aryl methyl sites for hydroxylation is 1.